The quantitative estimate of drug-likeness (QED) is 0.609. The van der Waals surface area contributed by atoms with Gasteiger partial charge in [-0.25, -0.2) is 4.79 Å². The van der Waals surface area contributed by atoms with Crippen LogP contribution in [0.15, 0.2) is 36.4 Å². The number of hydrogen-bond acceptors (Lipinski definition) is 3. The van der Waals surface area contributed by atoms with E-state index in [1.807, 2.05) is 13.8 Å². The molecule has 110 valence electrons. The number of halogens is 2. The molecule has 0 atom stereocenters. The maximum absolute atomic E-state index is 11.8. The molecule has 2 aromatic carbocycles. The number of hydrogen-bond donors (Lipinski definition) is 0. The average Bonchev–Trinajstić information content (AvgIpc) is 2.42. The zero-order valence-corrected chi connectivity index (χ0v) is 13.2. The summed E-state index contributed by atoms with van der Waals surface area (Å²) in [6.07, 6.45) is 0. The Morgan fingerprint density at radius 2 is 1.81 bits per heavy atom. The second-order valence-corrected chi connectivity index (χ2v) is 5.43. The zero-order chi connectivity index (χ0) is 15.4. The summed E-state index contributed by atoms with van der Waals surface area (Å²) < 4.78 is 10.6. The normalized spacial score (nSPS) is 10.3. The number of ether oxygens (including phenoxy) is 2. The van der Waals surface area contributed by atoms with E-state index < -0.39 is 5.97 Å². The molecule has 0 aliphatic carbocycles. The van der Waals surface area contributed by atoms with Gasteiger partial charge in [0.1, 0.15) is 11.5 Å². The highest BCUT2D eigenvalue weighted by Gasteiger charge is 2.08. The molecule has 0 saturated carbocycles. The van der Waals surface area contributed by atoms with Crippen LogP contribution in [0.2, 0.25) is 10.0 Å². The van der Waals surface area contributed by atoms with Gasteiger partial charge in [-0.15, -0.1) is 0 Å². The lowest BCUT2D eigenvalue weighted by molar-refractivity contribution is -0.136. The first-order valence-electron chi connectivity index (χ1n) is 6.31. The van der Waals surface area contributed by atoms with E-state index in [1.165, 1.54) is 0 Å². The summed E-state index contributed by atoms with van der Waals surface area (Å²) in [6.45, 7) is 3.52. The maximum atomic E-state index is 11.8. The number of rotatable bonds is 4. The third-order valence-electron chi connectivity index (χ3n) is 2.84. The van der Waals surface area contributed by atoms with E-state index in [4.69, 9.17) is 32.7 Å². The van der Waals surface area contributed by atoms with E-state index in [1.54, 1.807) is 36.4 Å². The van der Waals surface area contributed by atoms with Crippen LogP contribution in [0.4, 0.5) is 0 Å². The first-order valence-corrected chi connectivity index (χ1v) is 7.07. The van der Waals surface area contributed by atoms with Gasteiger partial charge in [0.05, 0.1) is 0 Å². The highest BCUT2D eigenvalue weighted by Crippen LogP contribution is 2.23. The lowest BCUT2D eigenvalue weighted by atomic mass is 10.2. The molecular weight excluding hydrogens is 311 g/mol. The lowest BCUT2D eigenvalue weighted by Crippen LogP contribution is -2.18. The molecule has 0 radical (unpaired) electrons. The number of benzene rings is 2. The van der Waals surface area contributed by atoms with Gasteiger partial charge in [-0.3, -0.25) is 0 Å². The first-order chi connectivity index (χ1) is 9.95. The molecule has 3 nitrogen and oxygen atoms in total. The number of aryl methyl sites for hydroxylation is 2. The topological polar surface area (TPSA) is 35.5 Å². The Kier molecular flexibility index (Phi) is 5.10. The van der Waals surface area contributed by atoms with Crippen molar-refractivity contribution in [1.29, 1.82) is 0 Å². The van der Waals surface area contributed by atoms with Gasteiger partial charge in [0, 0.05) is 10.0 Å². The third kappa shape index (κ3) is 4.38. The summed E-state index contributed by atoms with van der Waals surface area (Å²) >= 11 is 11.8. The molecule has 0 aromatic heterocycles. The Balaban J connectivity index is 1.94. The zero-order valence-electron chi connectivity index (χ0n) is 11.7. The van der Waals surface area contributed by atoms with E-state index in [-0.39, 0.29) is 6.61 Å². The van der Waals surface area contributed by atoms with Crippen molar-refractivity contribution in [1.82, 2.24) is 0 Å². The molecule has 0 N–H and O–H groups in total. The summed E-state index contributed by atoms with van der Waals surface area (Å²) in [5.41, 5.74) is 1.70. The minimum atomic E-state index is -0.480. The molecule has 0 unspecified atom stereocenters. The number of esters is 1. The van der Waals surface area contributed by atoms with Crippen LogP contribution >= 0.6 is 23.2 Å². The van der Waals surface area contributed by atoms with E-state index >= 15 is 0 Å². The Morgan fingerprint density at radius 1 is 1.05 bits per heavy atom. The van der Waals surface area contributed by atoms with Gasteiger partial charge in [-0.05, 0) is 61.4 Å². The molecular formula is C16H14Cl2O3. The fourth-order valence-electron chi connectivity index (χ4n) is 1.75. The van der Waals surface area contributed by atoms with E-state index in [0.717, 1.165) is 11.1 Å². The van der Waals surface area contributed by atoms with Crippen molar-refractivity contribution >= 4 is 29.2 Å². The summed E-state index contributed by atoms with van der Waals surface area (Å²) in [5, 5.41) is 1.25. The van der Waals surface area contributed by atoms with Crippen LogP contribution in [0, 0.1) is 13.8 Å². The smallest absolute Gasteiger partial charge is 0.349 e. The van der Waals surface area contributed by atoms with Crippen molar-refractivity contribution < 1.29 is 14.3 Å². The van der Waals surface area contributed by atoms with Crippen LogP contribution in [-0.4, -0.2) is 12.6 Å². The Bertz CT molecular complexity index is 669. The minimum absolute atomic E-state index is 0.176. The molecule has 2 aromatic rings. The van der Waals surface area contributed by atoms with E-state index in [9.17, 15) is 4.79 Å². The maximum Gasteiger partial charge on any atom is 0.349 e. The minimum Gasteiger partial charge on any atom is -0.482 e. The van der Waals surface area contributed by atoms with E-state index in [2.05, 4.69) is 0 Å². The highest BCUT2D eigenvalue weighted by atomic mass is 35.5. The lowest BCUT2D eigenvalue weighted by Gasteiger charge is -2.09. The van der Waals surface area contributed by atoms with Gasteiger partial charge >= 0.3 is 5.97 Å². The number of carbonyl (C=O) groups is 1. The van der Waals surface area contributed by atoms with Gasteiger partial charge in [0.15, 0.2) is 6.61 Å². The summed E-state index contributed by atoms with van der Waals surface area (Å²) in [4.78, 5) is 11.8. The largest absolute Gasteiger partial charge is 0.482 e. The molecule has 0 aliphatic rings. The molecule has 0 spiro atoms. The Hall–Kier alpha value is -1.71. The average molecular weight is 325 g/mol. The molecule has 0 fully saturated rings. The van der Waals surface area contributed by atoms with Crippen molar-refractivity contribution in [2.75, 3.05) is 6.61 Å². The molecule has 0 saturated heterocycles. The summed E-state index contributed by atoms with van der Waals surface area (Å²) in [6, 6.07) is 10.2. The fraction of sp³-hybridized carbons (Fsp3) is 0.188. The summed E-state index contributed by atoms with van der Waals surface area (Å²) in [5.74, 6) is 0.563. The van der Waals surface area contributed by atoms with Gasteiger partial charge in [-0.2, -0.15) is 0 Å². The van der Waals surface area contributed by atoms with Gasteiger partial charge < -0.3 is 9.47 Å². The van der Waals surface area contributed by atoms with Crippen molar-refractivity contribution in [2.24, 2.45) is 0 Å². The second kappa shape index (κ2) is 6.83. The molecule has 21 heavy (non-hydrogen) atoms. The van der Waals surface area contributed by atoms with Crippen LogP contribution in [0.25, 0.3) is 0 Å². The van der Waals surface area contributed by atoms with Crippen molar-refractivity contribution in [3.8, 4) is 11.5 Å². The predicted molar refractivity (Wildman–Crippen MR) is 83.5 cm³/mol. The van der Waals surface area contributed by atoms with Gasteiger partial charge in [0.2, 0.25) is 0 Å². The summed E-state index contributed by atoms with van der Waals surface area (Å²) in [7, 11) is 0. The van der Waals surface area contributed by atoms with Crippen molar-refractivity contribution in [3.05, 3.63) is 57.6 Å². The fourth-order valence-corrected chi connectivity index (χ4v) is 2.10. The molecule has 0 heterocycles. The van der Waals surface area contributed by atoms with Crippen LogP contribution in [0.1, 0.15) is 11.1 Å². The van der Waals surface area contributed by atoms with Crippen LogP contribution < -0.4 is 9.47 Å². The van der Waals surface area contributed by atoms with Crippen LogP contribution in [-0.2, 0) is 4.79 Å². The van der Waals surface area contributed by atoms with Gasteiger partial charge in [-0.1, -0.05) is 23.2 Å². The van der Waals surface area contributed by atoms with Crippen LogP contribution in [0.3, 0.4) is 0 Å². The van der Waals surface area contributed by atoms with Crippen molar-refractivity contribution in [2.45, 2.75) is 13.8 Å². The molecule has 5 heteroatoms. The first kappa shape index (κ1) is 15.7. The third-order valence-corrected chi connectivity index (χ3v) is 3.50. The molecule has 0 amide bonds. The monoisotopic (exact) mass is 324 g/mol. The standard InChI is InChI=1S/C16H14Cl2O3/c1-10-8-13(4-5-14(10)18)21-16(19)9-20-15-6-3-12(17)7-11(15)2/h3-8H,9H2,1-2H3. The van der Waals surface area contributed by atoms with Crippen LogP contribution in [0.5, 0.6) is 11.5 Å². The Morgan fingerprint density at radius 3 is 2.48 bits per heavy atom. The molecule has 2 rings (SSSR count). The van der Waals surface area contributed by atoms with Crippen molar-refractivity contribution in [3.63, 3.8) is 0 Å². The number of carbonyl (C=O) groups excluding carboxylic acids is 1. The SMILES string of the molecule is Cc1cc(OC(=O)COc2ccc(Cl)cc2C)ccc1Cl. The van der Waals surface area contributed by atoms with E-state index in [0.29, 0.717) is 21.5 Å². The highest BCUT2D eigenvalue weighted by molar-refractivity contribution is 6.31. The Labute approximate surface area is 133 Å². The second-order valence-electron chi connectivity index (χ2n) is 4.58. The molecule has 0 aliphatic heterocycles. The predicted octanol–water partition coefficient (Wildman–Crippen LogP) is 4.59. The van der Waals surface area contributed by atoms with Gasteiger partial charge in [0.25, 0.3) is 0 Å². The molecule has 0 bridgehead atoms.